The molecule has 4 atom stereocenters. The van der Waals surface area contributed by atoms with Crippen molar-refractivity contribution in [1.29, 1.82) is 0 Å². The van der Waals surface area contributed by atoms with Gasteiger partial charge in [0, 0.05) is 32.6 Å². The van der Waals surface area contributed by atoms with Crippen molar-refractivity contribution in [3.8, 4) is 0 Å². The second-order valence-corrected chi connectivity index (χ2v) is 10.8. The van der Waals surface area contributed by atoms with Gasteiger partial charge in [0.1, 0.15) is 11.6 Å². The molecule has 204 valence electrons. The summed E-state index contributed by atoms with van der Waals surface area (Å²) >= 11 is 0. The van der Waals surface area contributed by atoms with E-state index in [1.165, 1.54) is 6.92 Å². The van der Waals surface area contributed by atoms with Gasteiger partial charge in [0.05, 0.1) is 25.2 Å². The molecule has 2 saturated heterocycles. The molecule has 3 amide bonds. The fourth-order valence-corrected chi connectivity index (χ4v) is 5.56. The van der Waals surface area contributed by atoms with E-state index in [0.717, 1.165) is 11.1 Å². The van der Waals surface area contributed by atoms with E-state index in [1.54, 1.807) is 9.80 Å². The van der Waals surface area contributed by atoms with Crippen molar-refractivity contribution in [2.75, 3.05) is 39.9 Å². The van der Waals surface area contributed by atoms with E-state index < -0.39 is 29.5 Å². The lowest BCUT2D eigenvalue weighted by atomic mass is 9.69. The Morgan fingerprint density at radius 2 is 1.84 bits per heavy atom. The first-order chi connectivity index (χ1) is 18.2. The molecule has 2 fully saturated rings. The van der Waals surface area contributed by atoms with Gasteiger partial charge in [0.15, 0.2) is 0 Å². The van der Waals surface area contributed by atoms with Crippen molar-refractivity contribution >= 4 is 17.7 Å². The molecule has 0 aromatic heterocycles. The summed E-state index contributed by atoms with van der Waals surface area (Å²) in [6, 6.07) is 18.5. The molecule has 9 heteroatoms. The van der Waals surface area contributed by atoms with Crippen molar-refractivity contribution in [2.45, 2.75) is 43.9 Å². The normalized spacial score (nSPS) is 23.8. The van der Waals surface area contributed by atoms with Crippen molar-refractivity contribution in [2.24, 2.45) is 11.1 Å². The lowest BCUT2D eigenvalue weighted by molar-refractivity contribution is -0.147. The van der Waals surface area contributed by atoms with Crippen LogP contribution >= 0.6 is 0 Å². The quantitative estimate of drug-likeness (QED) is 0.455. The number of piperidine rings is 1. The van der Waals surface area contributed by atoms with Gasteiger partial charge in [-0.05, 0) is 30.9 Å². The zero-order valence-electron chi connectivity index (χ0n) is 22.1. The number of benzene rings is 2. The van der Waals surface area contributed by atoms with Crippen LogP contribution in [0.5, 0.6) is 0 Å². The van der Waals surface area contributed by atoms with Crippen LogP contribution in [0.25, 0.3) is 0 Å². The third-order valence-corrected chi connectivity index (χ3v) is 7.78. The number of likely N-dealkylation sites (N-methyl/N-ethyl adjacent to an activating group) is 1. The highest BCUT2D eigenvalue weighted by atomic mass is 16.5. The molecule has 4 N–H and O–H groups in total. The second kappa shape index (κ2) is 11.6. The average Bonchev–Trinajstić information content (AvgIpc) is 3.17. The third-order valence-electron chi connectivity index (χ3n) is 7.78. The average molecular weight is 523 g/mol. The first kappa shape index (κ1) is 27.8. The largest absolute Gasteiger partial charge is 0.394 e. The first-order valence-corrected chi connectivity index (χ1v) is 13.1. The molecule has 0 aliphatic carbocycles. The first-order valence-electron chi connectivity index (χ1n) is 13.1. The van der Waals surface area contributed by atoms with E-state index >= 15 is 0 Å². The molecule has 38 heavy (non-hydrogen) atoms. The van der Waals surface area contributed by atoms with E-state index in [9.17, 15) is 19.5 Å². The number of hydrogen-bond donors (Lipinski definition) is 3. The summed E-state index contributed by atoms with van der Waals surface area (Å²) in [4.78, 5) is 43.7. The number of hydrogen-bond acceptors (Lipinski definition) is 6. The molecular weight excluding hydrogens is 484 g/mol. The molecule has 0 unspecified atom stereocenters. The zero-order valence-corrected chi connectivity index (χ0v) is 22.1. The van der Waals surface area contributed by atoms with Gasteiger partial charge in [-0.1, -0.05) is 60.7 Å². The molecule has 0 radical (unpaired) electrons. The number of nitrogens with zero attached hydrogens (tertiary/aromatic N) is 2. The van der Waals surface area contributed by atoms with Crippen LogP contribution in [0, 0.1) is 5.41 Å². The van der Waals surface area contributed by atoms with Gasteiger partial charge in [-0.15, -0.1) is 0 Å². The van der Waals surface area contributed by atoms with Crippen molar-refractivity contribution in [3.63, 3.8) is 0 Å². The van der Waals surface area contributed by atoms with Gasteiger partial charge in [-0.25, -0.2) is 0 Å². The van der Waals surface area contributed by atoms with Gasteiger partial charge in [-0.3, -0.25) is 14.4 Å². The predicted molar refractivity (Wildman–Crippen MR) is 143 cm³/mol. The molecule has 2 aliphatic rings. The molecular formula is C29H38N4O5. The highest BCUT2D eigenvalue weighted by molar-refractivity contribution is 5.93. The number of nitrogens with two attached hydrogens (primary N) is 1. The maximum absolute atomic E-state index is 13.9. The van der Waals surface area contributed by atoms with Crippen LogP contribution in [-0.4, -0.2) is 84.1 Å². The van der Waals surface area contributed by atoms with Gasteiger partial charge in [0.2, 0.25) is 17.7 Å². The Bertz CT molecular complexity index is 1130. The molecule has 2 aromatic rings. The van der Waals surface area contributed by atoms with Gasteiger partial charge >= 0.3 is 0 Å². The van der Waals surface area contributed by atoms with Gasteiger partial charge in [-0.2, -0.15) is 0 Å². The Morgan fingerprint density at radius 3 is 2.50 bits per heavy atom. The summed E-state index contributed by atoms with van der Waals surface area (Å²) in [6.07, 6.45) is 1.36. The zero-order chi connectivity index (χ0) is 27.3. The summed E-state index contributed by atoms with van der Waals surface area (Å²) in [5, 5.41) is 12.3. The van der Waals surface area contributed by atoms with Crippen LogP contribution in [0.1, 0.15) is 36.8 Å². The monoisotopic (exact) mass is 522 g/mol. The number of likely N-dealkylation sites (tertiary alicyclic amines) is 2. The number of amides is 3. The minimum absolute atomic E-state index is 0.0408. The number of nitrogens with one attached hydrogen (secondary N) is 1. The van der Waals surface area contributed by atoms with Crippen molar-refractivity contribution < 1.29 is 24.2 Å². The Morgan fingerprint density at radius 1 is 1.18 bits per heavy atom. The maximum Gasteiger partial charge on any atom is 0.247 e. The summed E-state index contributed by atoms with van der Waals surface area (Å²) in [5.41, 5.74) is 5.68. The van der Waals surface area contributed by atoms with Crippen molar-refractivity contribution in [3.05, 3.63) is 71.8 Å². The molecule has 2 heterocycles. The minimum Gasteiger partial charge on any atom is -0.394 e. The van der Waals surface area contributed by atoms with Gasteiger partial charge in [0.25, 0.3) is 0 Å². The smallest absolute Gasteiger partial charge is 0.247 e. The Hall–Kier alpha value is -3.27. The Labute approximate surface area is 223 Å². The topological polar surface area (TPSA) is 125 Å². The minimum atomic E-state index is -1.55. The number of rotatable bonds is 9. The molecule has 9 nitrogen and oxygen atoms in total. The van der Waals surface area contributed by atoms with E-state index in [2.05, 4.69) is 5.32 Å². The second-order valence-electron chi connectivity index (χ2n) is 10.8. The lowest BCUT2D eigenvalue weighted by Crippen LogP contribution is -2.62. The SMILES string of the molecule is CN1C[C@H](c2ccccc2)[C@]2(CCCN(C(=O)[C@@H](COCc3ccccc3)NC(=O)[C@@](C)(N)CO)C2)C1=O. The lowest BCUT2D eigenvalue weighted by Gasteiger charge is -2.43. The number of ether oxygens (including phenoxy) is 1. The molecule has 2 aromatic carbocycles. The fourth-order valence-electron chi connectivity index (χ4n) is 5.56. The van der Waals surface area contributed by atoms with E-state index in [-0.39, 0.29) is 37.5 Å². The summed E-state index contributed by atoms with van der Waals surface area (Å²) in [7, 11) is 1.81. The van der Waals surface area contributed by atoms with Crippen molar-refractivity contribution in [1.82, 2.24) is 15.1 Å². The van der Waals surface area contributed by atoms with Crippen LogP contribution in [0.3, 0.4) is 0 Å². The number of carbonyl (C=O) groups excluding carboxylic acids is 3. The van der Waals surface area contributed by atoms with Crippen LogP contribution in [0.2, 0.25) is 0 Å². The van der Waals surface area contributed by atoms with E-state index in [1.807, 2.05) is 67.7 Å². The maximum atomic E-state index is 13.9. The van der Waals surface area contributed by atoms with Crippen LogP contribution < -0.4 is 11.1 Å². The highest BCUT2D eigenvalue weighted by Crippen LogP contribution is 2.49. The summed E-state index contributed by atoms with van der Waals surface area (Å²) in [6.45, 7) is 2.36. The van der Waals surface area contributed by atoms with Crippen LogP contribution in [0.15, 0.2) is 60.7 Å². The number of aliphatic hydroxyl groups excluding tert-OH is 1. The summed E-state index contributed by atoms with van der Waals surface area (Å²) < 4.78 is 5.85. The molecule has 1 spiro atoms. The molecule has 4 rings (SSSR count). The number of aliphatic hydroxyl groups is 1. The van der Waals surface area contributed by atoms with E-state index in [4.69, 9.17) is 10.5 Å². The molecule has 2 aliphatic heterocycles. The number of carbonyl (C=O) groups is 3. The standard InChI is InChI=1S/C29H38N4O5/c1-28(30,20-34)26(36)31-24(18-38-17-21-10-5-3-6-11-21)25(35)33-15-9-14-29(19-33)23(16-32(2)27(29)37)22-12-7-4-8-13-22/h3-8,10-13,23-24,34H,9,14-20,30H2,1-2H3,(H,31,36)/t23-,24-,28+,29-/m1/s1. The van der Waals surface area contributed by atoms with Gasteiger partial charge < -0.3 is 30.7 Å². The fraction of sp³-hybridized carbons (Fsp3) is 0.483. The Balaban J connectivity index is 1.55. The Kier molecular flexibility index (Phi) is 8.50. The van der Waals surface area contributed by atoms with E-state index in [0.29, 0.717) is 25.9 Å². The predicted octanol–water partition coefficient (Wildman–Crippen LogP) is 1.26. The van der Waals surface area contributed by atoms with Crippen LogP contribution in [0.4, 0.5) is 0 Å². The molecule has 0 bridgehead atoms. The summed E-state index contributed by atoms with van der Waals surface area (Å²) in [5.74, 6) is -0.971. The molecule has 0 saturated carbocycles. The third kappa shape index (κ3) is 5.75. The van der Waals surface area contributed by atoms with Crippen LogP contribution in [-0.2, 0) is 25.7 Å². The highest BCUT2D eigenvalue weighted by Gasteiger charge is 2.55.